The highest BCUT2D eigenvalue weighted by atomic mass is 32.1. The van der Waals surface area contributed by atoms with Gasteiger partial charge in [-0.2, -0.15) is 18.4 Å². The third-order valence-electron chi connectivity index (χ3n) is 5.69. The first-order valence-corrected chi connectivity index (χ1v) is 10.00. The van der Waals surface area contributed by atoms with E-state index in [4.69, 9.17) is 10.00 Å². The Kier molecular flexibility index (Phi) is 5.27. The van der Waals surface area contributed by atoms with Crippen molar-refractivity contribution in [2.24, 2.45) is 0 Å². The van der Waals surface area contributed by atoms with Crippen LogP contribution in [0.25, 0.3) is 0 Å². The van der Waals surface area contributed by atoms with E-state index in [0.29, 0.717) is 31.7 Å². The summed E-state index contributed by atoms with van der Waals surface area (Å²) in [7, 11) is 0. The van der Waals surface area contributed by atoms with Gasteiger partial charge >= 0.3 is 6.18 Å². The molecule has 4 rings (SSSR count). The molecule has 1 N–H and O–H groups in total. The largest absolute Gasteiger partial charge is 0.508 e. The molecule has 2 aromatic carbocycles. The second-order valence-corrected chi connectivity index (χ2v) is 7.85. The topological polar surface area (TPSA) is 76.8 Å². The smallest absolute Gasteiger partial charge is 0.417 e. The van der Waals surface area contributed by atoms with Gasteiger partial charge in [-0.3, -0.25) is 9.69 Å². The molecule has 1 atom stereocenters. The number of halogens is 3. The third-order valence-corrected chi connectivity index (χ3v) is 6.16. The Morgan fingerprint density at radius 2 is 1.74 bits per heavy atom. The van der Waals surface area contributed by atoms with Gasteiger partial charge in [0, 0.05) is 37.4 Å². The molecule has 2 heterocycles. The number of phenols is 1. The lowest BCUT2D eigenvalue weighted by atomic mass is 9.87. The van der Waals surface area contributed by atoms with Crippen LogP contribution in [0.4, 0.5) is 24.5 Å². The molecular weight excluding hydrogens is 431 g/mol. The lowest BCUT2D eigenvalue weighted by molar-refractivity contribution is -0.137. The minimum absolute atomic E-state index is 0.00321. The molecule has 10 heteroatoms. The number of hydrogen-bond acceptors (Lipinski definition) is 6. The van der Waals surface area contributed by atoms with E-state index >= 15 is 0 Å². The average molecular weight is 449 g/mol. The number of phenolic OH excluding ortho intramolecular Hbond substituents is 1. The minimum Gasteiger partial charge on any atom is -0.508 e. The van der Waals surface area contributed by atoms with Gasteiger partial charge in [0.25, 0.3) is 5.91 Å². The lowest BCUT2D eigenvalue weighted by Gasteiger charge is -2.40. The molecule has 1 unspecified atom stereocenters. The monoisotopic (exact) mass is 449 g/mol. The number of carbonyl (C=O) groups is 1. The first-order chi connectivity index (χ1) is 14.7. The van der Waals surface area contributed by atoms with E-state index in [0.717, 1.165) is 12.1 Å². The van der Waals surface area contributed by atoms with Crippen LogP contribution in [0, 0.1) is 11.3 Å². The van der Waals surface area contributed by atoms with Gasteiger partial charge in [-0.15, -0.1) is 12.6 Å². The summed E-state index contributed by atoms with van der Waals surface area (Å²) in [5.41, 5.74) is -2.97. The zero-order chi connectivity index (χ0) is 22.4. The van der Waals surface area contributed by atoms with E-state index in [-0.39, 0.29) is 17.3 Å². The fraction of sp³-hybridized carbons (Fsp3) is 0.333. The van der Waals surface area contributed by atoms with Gasteiger partial charge in [0.05, 0.1) is 17.2 Å². The molecule has 2 aromatic rings. The Labute approximate surface area is 181 Å². The maximum Gasteiger partial charge on any atom is 0.417 e. The van der Waals surface area contributed by atoms with E-state index in [1.165, 1.54) is 23.1 Å². The third kappa shape index (κ3) is 3.47. The van der Waals surface area contributed by atoms with Crippen LogP contribution in [0.15, 0.2) is 42.5 Å². The molecule has 0 saturated carbocycles. The predicted octanol–water partition coefficient (Wildman–Crippen LogP) is 3.90. The molecule has 2 aliphatic rings. The number of aromatic hydroxyl groups is 1. The van der Waals surface area contributed by atoms with Crippen LogP contribution < -0.4 is 9.80 Å². The standard InChI is InChI=1S/C21H18F3N3O3S/c22-21(23,24)17-11-15(2-1-13(17)12-25)26-18(29)20(7-9-30-10-8-20)27(19(26)31)14-3-5-16(28)6-4-14/h1-6,11,19,28,31H,7-10H2. The molecule has 2 aliphatic heterocycles. The summed E-state index contributed by atoms with van der Waals surface area (Å²) < 4.78 is 45.9. The van der Waals surface area contributed by atoms with Gasteiger partial charge < -0.3 is 14.7 Å². The zero-order valence-electron chi connectivity index (χ0n) is 16.1. The van der Waals surface area contributed by atoms with Crippen molar-refractivity contribution in [3.63, 3.8) is 0 Å². The van der Waals surface area contributed by atoms with Crippen molar-refractivity contribution in [1.29, 1.82) is 5.26 Å². The maximum atomic E-state index is 13.6. The van der Waals surface area contributed by atoms with Crippen molar-refractivity contribution in [2.45, 2.75) is 30.1 Å². The van der Waals surface area contributed by atoms with Gasteiger partial charge in [-0.25, -0.2) is 0 Å². The summed E-state index contributed by atoms with van der Waals surface area (Å²) in [6.07, 6.45) is -4.08. The number of amides is 1. The first kappa shape index (κ1) is 21.3. The highest BCUT2D eigenvalue weighted by molar-refractivity contribution is 7.81. The summed E-state index contributed by atoms with van der Waals surface area (Å²) in [6.45, 7) is 0.631. The van der Waals surface area contributed by atoms with Crippen molar-refractivity contribution in [1.82, 2.24) is 0 Å². The van der Waals surface area contributed by atoms with Crippen LogP contribution in [0.3, 0.4) is 0 Å². The van der Waals surface area contributed by atoms with Gasteiger partial charge in [-0.1, -0.05) is 0 Å². The Morgan fingerprint density at radius 1 is 1.13 bits per heavy atom. The molecule has 31 heavy (non-hydrogen) atoms. The van der Waals surface area contributed by atoms with Crippen molar-refractivity contribution >= 4 is 29.9 Å². The quantitative estimate of drug-likeness (QED) is 0.681. The number of carbonyl (C=O) groups excluding carboxylic acids is 1. The summed E-state index contributed by atoms with van der Waals surface area (Å²) in [5, 5.41) is 18.7. The summed E-state index contributed by atoms with van der Waals surface area (Å²) in [5.74, 6) is -0.341. The second-order valence-electron chi connectivity index (χ2n) is 7.39. The van der Waals surface area contributed by atoms with E-state index in [9.17, 15) is 23.1 Å². The Morgan fingerprint density at radius 3 is 2.32 bits per heavy atom. The number of anilines is 2. The van der Waals surface area contributed by atoms with Crippen molar-refractivity contribution < 1.29 is 27.8 Å². The SMILES string of the molecule is N#Cc1ccc(N2C(=O)C3(CCOCC3)N(c3ccc(O)cc3)C2S)cc1C(F)(F)F. The number of nitrogens with zero attached hydrogens (tertiary/aromatic N) is 3. The van der Waals surface area contributed by atoms with Crippen molar-refractivity contribution in [3.8, 4) is 11.8 Å². The summed E-state index contributed by atoms with van der Waals surface area (Å²) in [4.78, 5) is 16.6. The van der Waals surface area contributed by atoms with Gasteiger partial charge in [0.2, 0.25) is 0 Å². The number of thiol groups is 1. The fourth-order valence-corrected chi connectivity index (χ4v) is 4.78. The summed E-state index contributed by atoms with van der Waals surface area (Å²) in [6, 6.07) is 10.9. The van der Waals surface area contributed by atoms with Crippen LogP contribution in [0.5, 0.6) is 5.75 Å². The van der Waals surface area contributed by atoms with E-state index in [1.807, 2.05) is 0 Å². The Hall–Kier alpha value is -2.90. The molecule has 1 spiro atoms. The molecular formula is C21H18F3N3O3S. The van der Waals surface area contributed by atoms with E-state index < -0.39 is 28.3 Å². The highest BCUT2D eigenvalue weighted by Crippen LogP contribution is 2.46. The van der Waals surface area contributed by atoms with Gasteiger partial charge in [-0.05, 0) is 42.5 Å². The number of benzene rings is 2. The van der Waals surface area contributed by atoms with Crippen molar-refractivity contribution in [3.05, 3.63) is 53.6 Å². The zero-order valence-corrected chi connectivity index (χ0v) is 17.0. The Bertz CT molecular complexity index is 1050. The fourth-order valence-electron chi connectivity index (χ4n) is 4.19. The second kappa shape index (κ2) is 7.66. The molecule has 0 aromatic heterocycles. The number of nitriles is 1. The predicted molar refractivity (Wildman–Crippen MR) is 110 cm³/mol. The van der Waals surface area contributed by atoms with Gasteiger partial charge in [0.15, 0.2) is 5.50 Å². The van der Waals surface area contributed by atoms with Crippen LogP contribution in [-0.4, -0.2) is 35.3 Å². The number of rotatable bonds is 2. The lowest BCUT2D eigenvalue weighted by Crippen LogP contribution is -2.53. The van der Waals surface area contributed by atoms with E-state index in [2.05, 4.69) is 12.6 Å². The highest BCUT2D eigenvalue weighted by Gasteiger charge is 2.57. The van der Waals surface area contributed by atoms with E-state index in [1.54, 1.807) is 23.1 Å². The molecule has 2 saturated heterocycles. The molecule has 6 nitrogen and oxygen atoms in total. The van der Waals surface area contributed by atoms with Crippen LogP contribution >= 0.6 is 12.6 Å². The number of ether oxygens (including phenoxy) is 1. The van der Waals surface area contributed by atoms with Gasteiger partial charge in [0.1, 0.15) is 11.3 Å². The molecule has 162 valence electrons. The molecule has 0 radical (unpaired) electrons. The molecule has 0 bridgehead atoms. The van der Waals surface area contributed by atoms with Crippen LogP contribution in [-0.2, 0) is 15.7 Å². The summed E-state index contributed by atoms with van der Waals surface area (Å²) >= 11 is 4.61. The average Bonchev–Trinajstić information content (AvgIpc) is 2.94. The van der Waals surface area contributed by atoms with Crippen LogP contribution in [0.2, 0.25) is 0 Å². The molecule has 0 aliphatic carbocycles. The Balaban J connectivity index is 1.84. The number of hydrogen-bond donors (Lipinski definition) is 2. The van der Waals surface area contributed by atoms with Crippen molar-refractivity contribution in [2.75, 3.05) is 23.0 Å². The molecule has 1 amide bonds. The maximum absolute atomic E-state index is 13.6. The minimum atomic E-state index is -4.75. The van der Waals surface area contributed by atoms with Crippen LogP contribution in [0.1, 0.15) is 24.0 Å². The normalized spacial score (nSPS) is 20.9. The molecule has 2 fully saturated rings. The first-order valence-electron chi connectivity index (χ1n) is 9.48. The number of alkyl halides is 3.